The fourth-order valence-corrected chi connectivity index (χ4v) is 1.97. The van der Waals surface area contributed by atoms with Gasteiger partial charge in [-0.1, -0.05) is 39.0 Å². The largest absolute Gasteiger partial charge is 0.478 e. The van der Waals surface area contributed by atoms with Crippen molar-refractivity contribution in [1.29, 1.82) is 0 Å². The summed E-state index contributed by atoms with van der Waals surface area (Å²) in [5, 5.41) is 0. The molecule has 1 aromatic rings. The molecule has 5 heteroatoms. The Morgan fingerprint density at radius 2 is 1.90 bits per heavy atom. The van der Waals surface area contributed by atoms with E-state index in [1.54, 1.807) is 13.0 Å². The zero-order valence-electron chi connectivity index (χ0n) is 13.1. The summed E-state index contributed by atoms with van der Waals surface area (Å²) < 4.78 is 10.5. The van der Waals surface area contributed by atoms with E-state index in [0.717, 1.165) is 12.8 Å². The summed E-state index contributed by atoms with van der Waals surface area (Å²) in [6.45, 7) is 4.88. The lowest BCUT2D eigenvalue weighted by Gasteiger charge is -2.09. The van der Waals surface area contributed by atoms with Gasteiger partial charge in [-0.2, -0.15) is 0 Å². The smallest absolute Gasteiger partial charge is 0.340 e. The van der Waals surface area contributed by atoms with Crippen LogP contribution in [-0.4, -0.2) is 24.2 Å². The van der Waals surface area contributed by atoms with Crippen molar-refractivity contribution in [3.63, 3.8) is 0 Å². The van der Waals surface area contributed by atoms with E-state index in [1.165, 1.54) is 31.9 Å². The van der Waals surface area contributed by atoms with Crippen LogP contribution in [0.25, 0.3) is 0 Å². The van der Waals surface area contributed by atoms with Gasteiger partial charge in [-0.25, -0.2) is 9.78 Å². The number of aromatic nitrogens is 1. The van der Waals surface area contributed by atoms with Crippen LogP contribution in [-0.2, 0) is 4.74 Å². The maximum absolute atomic E-state index is 11.7. The third-order valence-electron chi connectivity index (χ3n) is 3.15. The van der Waals surface area contributed by atoms with Gasteiger partial charge in [-0.15, -0.1) is 0 Å². The zero-order valence-corrected chi connectivity index (χ0v) is 13.1. The summed E-state index contributed by atoms with van der Waals surface area (Å²) in [5.41, 5.74) is 6.34. The summed E-state index contributed by atoms with van der Waals surface area (Å²) in [6.07, 6.45) is 8.64. The molecule has 0 spiro atoms. The minimum Gasteiger partial charge on any atom is -0.478 e. The zero-order chi connectivity index (χ0) is 15.5. The number of nitrogens with zero attached hydrogens (tertiary/aromatic N) is 1. The predicted molar refractivity (Wildman–Crippen MR) is 83.5 cm³/mol. The van der Waals surface area contributed by atoms with E-state index in [0.29, 0.717) is 30.3 Å². The number of carbonyl (C=O) groups is 1. The first kappa shape index (κ1) is 17.3. The third kappa shape index (κ3) is 6.47. The standard InChI is InChI=1S/C16H26N2O3/c1-3-5-6-7-8-9-10-21-15-11-13(14(17)12-18-15)16(19)20-4-2/h11-12H,3-10,17H2,1-2H3. The molecule has 0 saturated heterocycles. The summed E-state index contributed by atoms with van der Waals surface area (Å²) in [7, 11) is 0. The number of pyridine rings is 1. The Morgan fingerprint density at radius 1 is 1.19 bits per heavy atom. The molecular formula is C16H26N2O3. The maximum Gasteiger partial charge on any atom is 0.340 e. The first-order valence-corrected chi connectivity index (χ1v) is 7.74. The average molecular weight is 294 g/mol. The van der Waals surface area contributed by atoms with Crippen LogP contribution in [0.3, 0.4) is 0 Å². The van der Waals surface area contributed by atoms with Crippen molar-refractivity contribution in [2.24, 2.45) is 0 Å². The minimum atomic E-state index is -0.443. The van der Waals surface area contributed by atoms with Crippen LogP contribution in [0.15, 0.2) is 12.3 Å². The number of anilines is 1. The van der Waals surface area contributed by atoms with Crippen molar-refractivity contribution in [1.82, 2.24) is 4.98 Å². The van der Waals surface area contributed by atoms with E-state index in [2.05, 4.69) is 11.9 Å². The van der Waals surface area contributed by atoms with Crippen LogP contribution in [0.1, 0.15) is 62.7 Å². The van der Waals surface area contributed by atoms with E-state index >= 15 is 0 Å². The SMILES string of the molecule is CCCCCCCCOc1cc(C(=O)OCC)c(N)cn1. The van der Waals surface area contributed by atoms with Crippen LogP contribution < -0.4 is 10.5 Å². The molecule has 0 bridgehead atoms. The van der Waals surface area contributed by atoms with Gasteiger partial charge in [0.1, 0.15) is 0 Å². The average Bonchev–Trinajstić information content (AvgIpc) is 2.48. The Bertz CT molecular complexity index is 436. The van der Waals surface area contributed by atoms with E-state index in [1.807, 2.05) is 0 Å². The lowest BCUT2D eigenvalue weighted by atomic mass is 10.1. The predicted octanol–water partition coefficient (Wildman–Crippen LogP) is 3.58. The van der Waals surface area contributed by atoms with Gasteiger partial charge in [0, 0.05) is 6.07 Å². The van der Waals surface area contributed by atoms with Gasteiger partial charge in [0.25, 0.3) is 0 Å². The molecular weight excluding hydrogens is 268 g/mol. The Balaban J connectivity index is 2.38. The monoisotopic (exact) mass is 294 g/mol. The van der Waals surface area contributed by atoms with Crippen LogP contribution in [0.5, 0.6) is 5.88 Å². The normalized spacial score (nSPS) is 10.4. The lowest BCUT2D eigenvalue weighted by Crippen LogP contribution is -2.09. The maximum atomic E-state index is 11.7. The van der Waals surface area contributed by atoms with Crippen molar-refractivity contribution in [2.45, 2.75) is 52.4 Å². The fourth-order valence-electron chi connectivity index (χ4n) is 1.97. The molecule has 5 nitrogen and oxygen atoms in total. The second-order valence-corrected chi connectivity index (χ2v) is 4.95. The number of nitrogen functional groups attached to an aromatic ring is 1. The quantitative estimate of drug-likeness (QED) is 0.527. The molecule has 0 unspecified atom stereocenters. The summed E-state index contributed by atoms with van der Waals surface area (Å²) in [5.74, 6) is -0.0253. The second kappa shape index (κ2) is 10.0. The molecule has 0 saturated carbocycles. The first-order chi connectivity index (χ1) is 10.2. The number of nitrogens with two attached hydrogens (primary N) is 1. The van der Waals surface area contributed by atoms with E-state index in [9.17, 15) is 4.79 Å². The van der Waals surface area contributed by atoms with Gasteiger partial charge in [-0.05, 0) is 13.3 Å². The highest BCUT2D eigenvalue weighted by atomic mass is 16.5. The molecule has 2 N–H and O–H groups in total. The molecule has 1 aromatic heterocycles. The van der Waals surface area contributed by atoms with E-state index < -0.39 is 5.97 Å². The molecule has 118 valence electrons. The van der Waals surface area contributed by atoms with Gasteiger partial charge in [0.05, 0.1) is 30.7 Å². The first-order valence-electron chi connectivity index (χ1n) is 7.74. The number of ether oxygens (including phenoxy) is 2. The van der Waals surface area contributed by atoms with Gasteiger partial charge < -0.3 is 15.2 Å². The fraction of sp³-hybridized carbons (Fsp3) is 0.625. The summed E-state index contributed by atoms with van der Waals surface area (Å²) >= 11 is 0. The van der Waals surface area contributed by atoms with Gasteiger partial charge >= 0.3 is 5.97 Å². The topological polar surface area (TPSA) is 74.4 Å². The third-order valence-corrected chi connectivity index (χ3v) is 3.15. The van der Waals surface area contributed by atoms with Crippen molar-refractivity contribution in [3.8, 4) is 5.88 Å². The van der Waals surface area contributed by atoms with E-state index in [4.69, 9.17) is 15.2 Å². The van der Waals surface area contributed by atoms with Crippen molar-refractivity contribution >= 4 is 11.7 Å². The molecule has 0 radical (unpaired) electrons. The van der Waals surface area contributed by atoms with E-state index in [-0.39, 0.29) is 0 Å². The molecule has 0 aliphatic carbocycles. The van der Waals surface area contributed by atoms with Gasteiger partial charge in [-0.3, -0.25) is 0 Å². The van der Waals surface area contributed by atoms with Crippen molar-refractivity contribution in [3.05, 3.63) is 17.8 Å². The molecule has 1 heterocycles. The summed E-state index contributed by atoms with van der Waals surface area (Å²) in [6, 6.07) is 1.55. The van der Waals surface area contributed by atoms with Gasteiger partial charge in [0.2, 0.25) is 5.88 Å². The molecule has 0 atom stereocenters. The highest BCUT2D eigenvalue weighted by molar-refractivity contribution is 5.95. The lowest BCUT2D eigenvalue weighted by molar-refractivity contribution is 0.0527. The highest BCUT2D eigenvalue weighted by Crippen LogP contribution is 2.18. The van der Waals surface area contributed by atoms with Gasteiger partial charge in [0.15, 0.2) is 0 Å². The number of rotatable bonds is 10. The Morgan fingerprint density at radius 3 is 2.62 bits per heavy atom. The molecule has 0 aliphatic rings. The van der Waals surface area contributed by atoms with Crippen LogP contribution in [0.4, 0.5) is 5.69 Å². The number of hydrogen-bond acceptors (Lipinski definition) is 5. The second-order valence-electron chi connectivity index (χ2n) is 4.95. The number of unbranched alkanes of at least 4 members (excludes halogenated alkanes) is 5. The molecule has 0 aliphatic heterocycles. The molecule has 0 amide bonds. The molecule has 0 fully saturated rings. The van der Waals surface area contributed by atoms with Crippen molar-refractivity contribution in [2.75, 3.05) is 18.9 Å². The summed E-state index contributed by atoms with van der Waals surface area (Å²) in [4.78, 5) is 15.8. The van der Waals surface area contributed by atoms with Crippen LogP contribution >= 0.6 is 0 Å². The van der Waals surface area contributed by atoms with Crippen molar-refractivity contribution < 1.29 is 14.3 Å². The molecule has 1 rings (SSSR count). The highest BCUT2D eigenvalue weighted by Gasteiger charge is 2.12. The molecule has 21 heavy (non-hydrogen) atoms. The number of hydrogen-bond donors (Lipinski definition) is 1. The van der Waals surface area contributed by atoms with Crippen LogP contribution in [0, 0.1) is 0 Å². The number of esters is 1. The van der Waals surface area contributed by atoms with Crippen LogP contribution in [0.2, 0.25) is 0 Å². The number of carbonyl (C=O) groups excluding carboxylic acids is 1. The minimum absolute atomic E-state index is 0.306. The Labute approximate surface area is 126 Å². The molecule has 0 aromatic carbocycles. The Hall–Kier alpha value is -1.78. The Kier molecular flexibility index (Phi) is 8.24.